The molecule has 2 nitrogen and oxygen atoms in total. The van der Waals surface area contributed by atoms with Gasteiger partial charge in [-0.1, -0.05) is 103 Å². The highest BCUT2D eigenvalue weighted by Crippen LogP contribution is 2.24. The van der Waals surface area contributed by atoms with E-state index < -0.39 is 0 Å². The Kier molecular flexibility index (Phi) is 14.3. The van der Waals surface area contributed by atoms with Gasteiger partial charge in [-0.2, -0.15) is 0 Å². The van der Waals surface area contributed by atoms with Crippen molar-refractivity contribution in [1.82, 2.24) is 5.32 Å². The molecular formula is C22H43NO. The van der Waals surface area contributed by atoms with E-state index in [1.165, 1.54) is 96.3 Å². The van der Waals surface area contributed by atoms with Crippen molar-refractivity contribution in [1.29, 1.82) is 0 Å². The Morgan fingerprint density at radius 3 is 1.58 bits per heavy atom. The van der Waals surface area contributed by atoms with Crippen LogP contribution in [0, 0.1) is 5.92 Å². The number of carbonyl (C=O) groups is 1. The second kappa shape index (κ2) is 16.0. The van der Waals surface area contributed by atoms with Crippen LogP contribution in [0.15, 0.2) is 0 Å². The lowest BCUT2D eigenvalue weighted by Crippen LogP contribution is -2.30. The van der Waals surface area contributed by atoms with Crippen molar-refractivity contribution in [3.8, 4) is 0 Å². The summed E-state index contributed by atoms with van der Waals surface area (Å²) in [6, 6.07) is 0. The molecule has 142 valence electrons. The highest BCUT2D eigenvalue weighted by molar-refractivity contribution is 5.78. The second-order valence-corrected chi connectivity index (χ2v) is 7.87. The minimum Gasteiger partial charge on any atom is -0.356 e. The summed E-state index contributed by atoms with van der Waals surface area (Å²) in [6.45, 7) is 3.18. The third kappa shape index (κ3) is 11.9. The minimum absolute atomic E-state index is 0.321. The zero-order valence-electron chi connectivity index (χ0n) is 16.4. The molecule has 1 amide bonds. The van der Waals surface area contributed by atoms with Crippen molar-refractivity contribution in [2.75, 3.05) is 6.54 Å². The van der Waals surface area contributed by atoms with Gasteiger partial charge >= 0.3 is 0 Å². The summed E-state index contributed by atoms with van der Waals surface area (Å²) >= 11 is 0. The monoisotopic (exact) mass is 337 g/mol. The highest BCUT2D eigenvalue weighted by Gasteiger charge is 2.21. The zero-order chi connectivity index (χ0) is 17.3. The van der Waals surface area contributed by atoms with E-state index in [0.717, 1.165) is 25.8 Å². The van der Waals surface area contributed by atoms with Crippen LogP contribution in [0.4, 0.5) is 0 Å². The Balaban J connectivity index is 1.71. The number of carbonyl (C=O) groups excluding carboxylic acids is 1. The summed E-state index contributed by atoms with van der Waals surface area (Å²) in [5.41, 5.74) is 0. The Morgan fingerprint density at radius 2 is 1.12 bits per heavy atom. The van der Waals surface area contributed by atoms with Gasteiger partial charge in [-0.25, -0.2) is 0 Å². The van der Waals surface area contributed by atoms with Crippen molar-refractivity contribution in [2.24, 2.45) is 5.92 Å². The molecule has 0 spiro atoms. The molecule has 0 bridgehead atoms. The molecule has 1 N–H and O–H groups in total. The lowest BCUT2D eigenvalue weighted by Gasteiger charge is -2.10. The standard InChI is InChI=1S/C22H43NO/c1-2-3-4-5-6-7-8-9-10-11-12-13-14-17-20-23-22(24)21-18-15-16-19-21/h21H,2-20H2,1H3,(H,23,24). The molecule has 0 aromatic carbocycles. The van der Waals surface area contributed by atoms with E-state index in [1.54, 1.807) is 0 Å². The molecule has 0 aromatic rings. The molecule has 0 unspecified atom stereocenters. The number of amides is 1. The van der Waals surface area contributed by atoms with Gasteiger partial charge in [0.2, 0.25) is 5.91 Å². The molecule has 24 heavy (non-hydrogen) atoms. The third-order valence-electron chi connectivity index (χ3n) is 5.56. The molecule has 0 radical (unpaired) electrons. The van der Waals surface area contributed by atoms with Gasteiger partial charge in [0.1, 0.15) is 0 Å². The van der Waals surface area contributed by atoms with Crippen LogP contribution in [0.5, 0.6) is 0 Å². The largest absolute Gasteiger partial charge is 0.356 e. The maximum atomic E-state index is 11.9. The Bertz CT molecular complexity index is 284. The predicted molar refractivity (Wildman–Crippen MR) is 105 cm³/mol. The summed E-state index contributed by atoms with van der Waals surface area (Å²) in [4.78, 5) is 11.9. The van der Waals surface area contributed by atoms with Crippen LogP contribution in [0.2, 0.25) is 0 Å². The van der Waals surface area contributed by atoms with Crippen molar-refractivity contribution < 1.29 is 4.79 Å². The van der Waals surface area contributed by atoms with Gasteiger partial charge in [-0.3, -0.25) is 4.79 Å². The maximum absolute atomic E-state index is 11.9. The summed E-state index contributed by atoms with van der Waals surface area (Å²) in [7, 11) is 0. The lowest BCUT2D eigenvalue weighted by molar-refractivity contribution is -0.124. The first-order chi connectivity index (χ1) is 11.8. The van der Waals surface area contributed by atoms with Crippen LogP contribution in [0.1, 0.15) is 122 Å². The third-order valence-corrected chi connectivity index (χ3v) is 5.56. The predicted octanol–water partition coefficient (Wildman–Crippen LogP) is 6.77. The Morgan fingerprint density at radius 1 is 0.708 bits per heavy atom. The molecule has 0 aliphatic heterocycles. The van der Waals surface area contributed by atoms with Crippen molar-refractivity contribution >= 4 is 5.91 Å². The second-order valence-electron chi connectivity index (χ2n) is 7.87. The molecule has 1 fully saturated rings. The van der Waals surface area contributed by atoms with Crippen LogP contribution in [-0.2, 0) is 4.79 Å². The molecular weight excluding hydrogens is 294 g/mol. The fourth-order valence-corrected chi connectivity index (χ4v) is 3.86. The minimum atomic E-state index is 0.321. The first kappa shape index (κ1) is 21.5. The molecule has 0 heterocycles. The van der Waals surface area contributed by atoms with Crippen molar-refractivity contribution in [3.63, 3.8) is 0 Å². The normalized spacial score (nSPS) is 15.0. The molecule has 0 saturated heterocycles. The summed E-state index contributed by atoms with van der Waals surface area (Å²) in [5, 5.41) is 3.13. The molecule has 1 saturated carbocycles. The molecule has 1 rings (SSSR count). The van der Waals surface area contributed by atoms with E-state index in [1.807, 2.05) is 0 Å². The maximum Gasteiger partial charge on any atom is 0.223 e. The first-order valence-electron chi connectivity index (χ1n) is 11.1. The lowest BCUT2D eigenvalue weighted by atomic mass is 10.0. The quantitative estimate of drug-likeness (QED) is 0.309. The SMILES string of the molecule is CCCCCCCCCCCCCCCCNC(=O)C1CCCC1. The number of hydrogen-bond acceptors (Lipinski definition) is 1. The molecule has 0 aromatic heterocycles. The highest BCUT2D eigenvalue weighted by atomic mass is 16.1. The smallest absolute Gasteiger partial charge is 0.223 e. The van der Waals surface area contributed by atoms with E-state index in [4.69, 9.17) is 0 Å². The van der Waals surface area contributed by atoms with Gasteiger partial charge < -0.3 is 5.32 Å². The molecule has 1 aliphatic carbocycles. The van der Waals surface area contributed by atoms with Gasteiger partial charge in [-0.05, 0) is 19.3 Å². The van der Waals surface area contributed by atoms with Crippen LogP contribution >= 0.6 is 0 Å². The summed E-state index contributed by atoms with van der Waals surface area (Å²) in [5.74, 6) is 0.652. The van der Waals surface area contributed by atoms with E-state index in [0.29, 0.717) is 11.8 Å². The van der Waals surface area contributed by atoms with Crippen LogP contribution in [0.3, 0.4) is 0 Å². The van der Waals surface area contributed by atoms with E-state index in [9.17, 15) is 4.79 Å². The fraction of sp³-hybridized carbons (Fsp3) is 0.955. The van der Waals surface area contributed by atoms with Gasteiger partial charge in [-0.15, -0.1) is 0 Å². The topological polar surface area (TPSA) is 29.1 Å². The summed E-state index contributed by atoms with van der Waals surface area (Å²) in [6.07, 6.45) is 24.2. The number of rotatable bonds is 16. The zero-order valence-corrected chi connectivity index (χ0v) is 16.4. The van der Waals surface area contributed by atoms with Gasteiger partial charge in [0.25, 0.3) is 0 Å². The molecule has 0 atom stereocenters. The van der Waals surface area contributed by atoms with Crippen molar-refractivity contribution in [2.45, 2.75) is 122 Å². The first-order valence-corrected chi connectivity index (χ1v) is 11.1. The van der Waals surface area contributed by atoms with Gasteiger partial charge in [0.05, 0.1) is 0 Å². The Hall–Kier alpha value is -0.530. The average molecular weight is 338 g/mol. The van der Waals surface area contributed by atoms with E-state index >= 15 is 0 Å². The fourth-order valence-electron chi connectivity index (χ4n) is 3.86. The molecule has 1 aliphatic rings. The van der Waals surface area contributed by atoms with Gasteiger partial charge in [0.15, 0.2) is 0 Å². The number of unbranched alkanes of at least 4 members (excludes halogenated alkanes) is 13. The van der Waals surface area contributed by atoms with Crippen LogP contribution in [0.25, 0.3) is 0 Å². The summed E-state index contributed by atoms with van der Waals surface area (Å²) < 4.78 is 0. The van der Waals surface area contributed by atoms with Crippen LogP contribution in [-0.4, -0.2) is 12.5 Å². The average Bonchev–Trinajstić information content (AvgIpc) is 3.13. The van der Waals surface area contributed by atoms with E-state index in [-0.39, 0.29) is 0 Å². The molecule has 2 heteroatoms. The van der Waals surface area contributed by atoms with Crippen molar-refractivity contribution in [3.05, 3.63) is 0 Å². The van der Waals surface area contributed by atoms with E-state index in [2.05, 4.69) is 12.2 Å². The number of hydrogen-bond donors (Lipinski definition) is 1. The Labute approximate surface area is 151 Å². The van der Waals surface area contributed by atoms with Gasteiger partial charge in [0, 0.05) is 12.5 Å². The van der Waals surface area contributed by atoms with Crippen LogP contribution < -0.4 is 5.32 Å². The number of nitrogens with one attached hydrogen (secondary N) is 1.